The van der Waals surface area contributed by atoms with Crippen molar-refractivity contribution in [2.45, 2.75) is 19.8 Å². The molecule has 0 saturated heterocycles. The molecule has 30 heavy (non-hydrogen) atoms. The number of fused-ring (bicyclic) bond motifs is 1. The zero-order valence-corrected chi connectivity index (χ0v) is 17.1. The van der Waals surface area contributed by atoms with Crippen LogP contribution in [0, 0.1) is 0 Å². The zero-order valence-electron chi connectivity index (χ0n) is 16.4. The molecule has 0 bridgehead atoms. The van der Waals surface area contributed by atoms with E-state index >= 15 is 0 Å². The Labute approximate surface area is 179 Å². The minimum Gasteiger partial charge on any atom is -0.506 e. The number of phenols is 1. The number of benzene rings is 3. The fourth-order valence-corrected chi connectivity index (χ4v) is 3.24. The van der Waals surface area contributed by atoms with Crippen molar-refractivity contribution in [1.29, 1.82) is 0 Å². The molecule has 0 radical (unpaired) electrons. The minimum absolute atomic E-state index is 0.0914. The molecular weight excluding hydrogens is 404 g/mol. The first kappa shape index (κ1) is 21.3. The second-order valence-corrected chi connectivity index (χ2v) is 6.94. The number of nitrogens with zero attached hydrogens (tertiary/aromatic N) is 1. The quantitative estimate of drug-likeness (QED) is 0.333. The molecule has 7 heteroatoms. The highest BCUT2D eigenvalue weighted by Crippen LogP contribution is 2.24. The van der Waals surface area contributed by atoms with Crippen molar-refractivity contribution in [1.82, 2.24) is 5.43 Å². The van der Waals surface area contributed by atoms with E-state index in [-0.39, 0.29) is 22.3 Å². The Morgan fingerprint density at radius 3 is 2.63 bits per heavy atom. The molecule has 1 amide bonds. The second kappa shape index (κ2) is 9.89. The van der Waals surface area contributed by atoms with Gasteiger partial charge in [0.05, 0.1) is 17.8 Å². The van der Waals surface area contributed by atoms with Gasteiger partial charge in [-0.3, -0.25) is 9.59 Å². The van der Waals surface area contributed by atoms with Crippen LogP contribution >= 0.6 is 11.6 Å². The summed E-state index contributed by atoms with van der Waals surface area (Å²) < 4.78 is 5.00. The molecule has 0 saturated carbocycles. The van der Waals surface area contributed by atoms with Gasteiger partial charge >= 0.3 is 5.97 Å². The molecule has 0 fully saturated rings. The maximum atomic E-state index is 12.2. The third-order valence-electron chi connectivity index (χ3n) is 4.53. The smallest absolute Gasteiger partial charge is 0.306 e. The van der Waals surface area contributed by atoms with Crippen molar-refractivity contribution in [2.24, 2.45) is 5.10 Å². The fraction of sp³-hybridized carbons (Fsp3) is 0.174. The lowest BCUT2D eigenvalue weighted by atomic mass is 9.97. The largest absolute Gasteiger partial charge is 0.506 e. The van der Waals surface area contributed by atoms with Crippen LogP contribution in [0.5, 0.6) is 5.75 Å². The van der Waals surface area contributed by atoms with Gasteiger partial charge in [0.15, 0.2) is 0 Å². The van der Waals surface area contributed by atoms with Crippen molar-refractivity contribution in [2.75, 3.05) is 6.61 Å². The molecule has 0 aliphatic heterocycles. The number of phenolic OH excluding ortho intramolecular Hbond substituents is 1. The van der Waals surface area contributed by atoms with Gasteiger partial charge in [-0.25, -0.2) is 5.43 Å². The molecule has 0 atom stereocenters. The van der Waals surface area contributed by atoms with Crippen LogP contribution in [0.15, 0.2) is 59.7 Å². The van der Waals surface area contributed by atoms with E-state index < -0.39 is 5.91 Å². The number of amides is 1. The van der Waals surface area contributed by atoms with E-state index in [4.69, 9.17) is 16.3 Å². The van der Waals surface area contributed by atoms with Crippen molar-refractivity contribution < 1.29 is 19.4 Å². The van der Waals surface area contributed by atoms with Gasteiger partial charge in [-0.1, -0.05) is 48.0 Å². The first-order chi connectivity index (χ1) is 14.5. The van der Waals surface area contributed by atoms with E-state index in [1.54, 1.807) is 13.1 Å². The molecular formula is C23H21ClN2O4. The number of ether oxygens (including phenoxy) is 1. The van der Waals surface area contributed by atoms with Gasteiger partial charge in [-0.2, -0.15) is 5.10 Å². The third kappa shape index (κ3) is 5.15. The van der Waals surface area contributed by atoms with E-state index in [0.29, 0.717) is 19.4 Å². The lowest BCUT2D eigenvalue weighted by molar-refractivity contribution is -0.143. The Morgan fingerprint density at radius 2 is 1.90 bits per heavy atom. The van der Waals surface area contributed by atoms with Crippen LogP contribution in [-0.2, 0) is 16.0 Å². The summed E-state index contributed by atoms with van der Waals surface area (Å²) in [5.74, 6) is -0.751. The summed E-state index contributed by atoms with van der Waals surface area (Å²) in [6.07, 6.45) is 2.46. The lowest BCUT2D eigenvalue weighted by Gasteiger charge is -2.09. The Balaban J connectivity index is 1.76. The number of rotatable bonds is 7. The third-order valence-corrected chi connectivity index (χ3v) is 4.83. The van der Waals surface area contributed by atoms with Gasteiger partial charge < -0.3 is 9.84 Å². The topological polar surface area (TPSA) is 88.0 Å². The van der Waals surface area contributed by atoms with Gasteiger partial charge in [0.2, 0.25) is 0 Å². The van der Waals surface area contributed by atoms with E-state index in [0.717, 1.165) is 21.9 Å². The first-order valence-electron chi connectivity index (χ1n) is 9.47. The normalized spacial score (nSPS) is 11.0. The highest BCUT2D eigenvalue weighted by Gasteiger charge is 2.09. The summed E-state index contributed by atoms with van der Waals surface area (Å²) in [7, 11) is 0. The second-order valence-electron chi connectivity index (χ2n) is 6.53. The summed E-state index contributed by atoms with van der Waals surface area (Å²) in [5.41, 5.74) is 4.61. The monoisotopic (exact) mass is 424 g/mol. The van der Waals surface area contributed by atoms with Crippen LogP contribution in [-0.4, -0.2) is 29.8 Å². The maximum absolute atomic E-state index is 12.2. The average Bonchev–Trinajstić information content (AvgIpc) is 2.75. The number of carbonyl (C=O) groups is 2. The summed E-state index contributed by atoms with van der Waals surface area (Å²) in [6.45, 7) is 2.16. The van der Waals surface area contributed by atoms with E-state index in [1.165, 1.54) is 18.2 Å². The standard InChI is InChI=1S/C23H21ClN2O4/c1-2-30-22(28)12-10-15-7-8-17(19-6-4-3-5-18(15)19)14-25-26-23(29)16-9-11-21(27)20(24)13-16/h3-9,11,13-14,27H,2,10,12H2,1H3,(H,26,29). The number of aryl methyl sites for hydroxylation is 1. The van der Waals surface area contributed by atoms with Crippen LogP contribution in [0.3, 0.4) is 0 Å². The average molecular weight is 425 g/mol. The van der Waals surface area contributed by atoms with Crippen LogP contribution in [0.25, 0.3) is 10.8 Å². The molecule has 6 nitrogen and oxygen atoms in total. The van der Waals surface area contributed by atoms with Crippen LogP contribution < -0.4 is 5.43 Å². The SMILES string of the molecule is CCOC(=O)CCc1ccc(C=NNC(=O)c2ccc(O)c(Cl)c2)c2ccccc12. The molecule has 0 heterocycles. The molecule has 2 N–H and O–H groups in total. The van der Waals surface area contributed by atoms with Crippen LogP contribution in [0.1, 0.15) is 34.8 Å². The van der Waals surface area contributed by atoms with Crippen molar-refractivity contribution in [3.63, 3.8) is 0 Å². The maximum Gasteiger partial charge on any atom is 0.306 e. The lowest BCUT2D eigenvalue weighted by Crippen LogP contribution is -2.17. The molecule has 3 rings (SSSR count). The molecule has 0 aromatic heterocycles. The van der Waals surface area contributed by atoms with Crippen LogP contribution in [0.4, 0.5) is 0 Å². The predicted molar refractivity (Wildman–Crippen MR) is 117 cm³/mol. The van der Waals surface area contributed by atoms with Gasteiger partial charge in [0.25, 0.3) is 5.91 Å². The number of carbonyl (C=O) groups excluding carboxylic acids is 2. The molecule has 3 aromatic carbocycles. The molecule has 3 aromatic rings. The van der Waals surface area contributed by atoms with Gasteiger partial charge in [-0.05, 0) is 47.9 Å². The van der Waals surface area contributed by atoms with Gasteiger partial charge in [0.1, 0.15) is 5.75 Å². The summed E-state index contributed by atoms with van der Waals surface area (Å²) in [4.78, 5) is 23.9. The highest BCUT2D eigenvalue weighted by atomic mass is 35.5. The molecule has 154 valence electrons. The number of esters is 1. The first-order valence-corrected chi connectivity index (χ1v) is 9.85. The van der Waals surface area contributed by atoms with Gasteiger partial charge in [-0.15, -0.1) is 0 Å². The molecule has 0 spiro atoms. The number of hydrazone groups is 1. The summed E-state index contributed by atoms with van der Waals surface area (Å²) >= 11 is 5.83. The van der Waals surface area contributed by atoms with Gasteiger partial charge in [0, 0.05) is 17.5 Å². The Bertz CT molecular complexity index is 1110. The molecule has 0 aliphatic carbocycles. The van der Waals surface area contributed by atoms with Crippen LogP contribution in [0.2, 0.25) is 5.02 Å². The van der Waals surface area contributed by atoms with Crippen molar-refractivity contribution in [3.05, 3.63) is 76.3 Å². The Kier molecular flexibility index (Phi) is 7.03. The highest BCUT2D eigenvalue weighted by molar-refractivity contribution is 6.32. The number of hydrogen-bond acceptors (Lipinski definition) is 5. The Hall–Kier alpha value is -3.38. The number of nitrogens with one attached hydrogen (secondary N) is 1. The molecule has 0 unspecified atom stereocenters. The molecule has 0 aliphatic rings. The fourth-order valence-electron chi connectivity index (χ4n) is 3.06. The summed E-state index contributed by atoms with van der Waals surface area (Å²) in [6, 6.07) is 15.8. The van der Waals surface area contributed by atoms with Crippen molar-refractivity contribution in [3.8, 4) is 5.75 Å². The number of aromatic hydroxyl groups is 1. The minimum atomic E-state index is -0.441. The zero-order chi connectivity index (χ0) is 21.5. The predicted octanol–water partition coefficient (Wildman–Crippen LogP) is 4.46. The number of hydrogen-bond donors (Lipinski definition) is 2. The van der Waals surface area contributed by atoms with E-state index in [2.05, 4.69) is 10.5 Å². The summed E-state index contributed by atoms with van der Waals surface area (Å²) in [5, 5.41) is 15.6. The number of halogens is 1. The van der Waals surface area contributed by atoms with E-state index in [1.807, 2.05) is 36.4 Å². The Morgan fingerprint density at radius 1 is 1.13 bits per heavy atom. The van der Waals surface area contributed by atoms with Crippen molar-refractivity contribution >= 4 is 40.5 Å². The van der Waals surface area contributed by atoms with E-state index in [9.17, 15) is 14.7 Å².